The average molecular weight is 320 g/mol. The molecule has 1 amide bonds. The van der Waals surface area contributed by atoms with Crippen LogP contribution in [-0.4, -0.2) is 52.7 Å². The van der Waals surface area contributed by atoms with Gasteiger partial charge in [-0.25, -0.2) is 0 Å². The lowest BCUT2D eigenvalue weighted by molar-refractivity contribution is 0.0474. The van der Waals surface area contributed by atoms with Crippen molar-refractivity contribution in [1.29, 1.82) is 0 Å². The zero-order chi connectivity index (χ0) is 15.4. The van der Waals surface area contributed by atoms with E-state index in [1.807, 2.05) is 36.0 Å². The molecule has 2 N–H and O–H groups in total. The van der Waals surface area contributed by atoms with E-state index in [4.69, 9.17) is 0 Å². The first kappa shape index (κ1) is 15.7. The molecule has 0 aliphatic carbocycles. The Kier molecular flexibility index (Phi) is 5.26. The Balaban J connectivity index is 1.66. The molecule has 2 aliphatic rings. The summed E-state index contributed by atoms with van der Waals surface area (Å²) in [5.41, 5.74) is 1.74. The van der Waals surface area contributed by atoms with Gasteiger partial charge in [-0.3, -0.25) is 4.79 Å². The number of thioether (sulfide) groups is 1. The Hall–Kier alpha value is -1.20. The van der Waals surface area contributed by atoms with Crippen molar-refractivity contribution in [3.8, 4) is 0 Å². The molecule has 5 heteroatoms. The SMILES string of the molecule is O=C(c1cccc(NC2CCSCC2)c1)N1CCCC(O)C1. The fraction of sp³-hybridized carbons (Fsp3) is 0.588. The molecule has 22 heavy (non-hydrogen) atoms. The maximum absolute atomic E-state index is 12.6. The second kappa shape index (κ2) is 7.38. The molecule has 1 atom stereocenters. The van der Waals surface area contributed by atoms with Gasteiger partial charge >= 0.3 is 0 Å². The number of anilines is 1. The number of aliphatic hydroxyl groups excluding tert-OH is 1. The quantitative estimate of drug-likeness (QED) is 0.899. The highest BCUT2D eigenvalue weighted by Gasteiger charge is 2.23. The highest BCUT2D eigenvalue weighted by Crippen LogP contribution is 2.22. The minimum atomic E-state index is -0.376. The summed E-state index contributed by atoms with van der Waals surface area (Å²) in [5.74, 6) is 2.45. The van der Waals surface area contributed by atoms with Crippen molar-refractivity contribution in [3.63, 3.8) is 0 Å². The Morgan fingerprint density at radius 1 is 1.27 bits per heavy atom. The molecule has 0 spiro atoms. The number of β-amino-alcohol motifs (C(OH)–C–C–N with tert-alkyl or cyclic N) is 1. The predicted octanol–water partition coefficient (Wildman–Crippen LogP) is 2.59. The van der Waals surface area contributed by atoms with Crippen LogP contribution in [-0.2, 0) is 0 Å². The average Bonchev–Trinajstić information content (AvgIpc) is 2.55. The highest BCUT2D eigenvalue weighted by atomic mass is 32.2. The molecule has 2 saturated heterocycles. The van der Waals surface area contributed by atoms with Crippen LogP contribution in [0.4, 0.5) is 5.69 Å². The molecule has 0 bridgehead atoms. The summed E-state index contributed by atoms with van der Waals surface area (Å²) in [6.45, 7) is 1.20. The van der Waals surface area contributed by atoms with E-state index < -0.39 is 0 Å². The van der Waals surface area contributed by atoms with Gasteiger partial charge in [0.2, 0.25) is 0 Å². The van der Waals surface area contributed by atoms with E-state index in [9.17, 15) is 9.90 Å². The number of amides is 1. The number of carbonyl (C=O) groups excluding carboxylic acids is 1. The van der Waals surface area contributed by atoms with Crippen LogP contribution >= 0.6 is 11.8 Å². The fourth-order valence-corrected chi connectivity index (χ4v) is 4.25. The van der Waals surface area contributed by atoms with Crippen molar-refractivity contribution in [2.75, 3.05) is 29.9 Å². The topological polar surface area (TPSA) is 52.6 Å². The molecule has 3 rings (SSSR count). The third-order valence-corrected chi connectivity index (χ3v) is 5.43. The number of nitrogens with one attached hydrogen (secondary N) is 1. The minimum Gasteiger partial charge on any atom is -0.391 e. The maximum atomic E-state index is 12.6. The smallest absolute Gasteiger partial charge is 0.254 e. The summed E-state index contributed by atoms with van der Waals surface area (Å²) in [5, 5.41) is 13.3. The standard InChI is InChI=1S/C17H24N2O2S/c20-16-5-2-8-19(12-16)17(21)13-3-1-4-15(11-13)18-14-6-9-22-10-7-14/h1,3-4,11,14,16,18,20H,2,5-10,12H2. The predicted molar refractivity (Wildman–Crippen MR) is 91.6 cm³/mol. The molecule has 1 unspecified atom stereocenters. The van der Waals surface area contributed by atoms with Gasteiger partial charge in [-0.15, -0.1) is 0 Å². The van der Waals surface area contributed by atoms with Crippen LogP contribution < -0.4 is 5.32 Å². The summed E-state index contributed by atoms with van der Waals surface area (Å²) >= 11 is 2.01. The second-order valence-electron chi connectivity index (χ2n) is 6.16. The summed E-state index contributed by atoms with van der Waals surface area (Å²) in [6, 6.07) is 8.30. The monoisotopic (exact) mass is 320 g/mol. The van der Waals surface area contributed by atoms with Gasteiger partial charge in [-0.1, -0.05) is 6.07 Å². The Labute approximate surface area is 136 Å². The molecule has 2 fully saturated rings. The lowest BCUT2D eigenvalue weighted by Gasteiger charge is -2.30. The molecular formula is C17H24N2O2S. The van der Waals surface area contributed by atoms with E-state index in [1.54, 1.807) is 4.90 Å². The molecule has 2 aliphatic heterocycles. The summed E-state index contributed by atoms with van der Waals surface area (Å²) < 4.78 is 0. The molecule has 1 aromatic rings. The van der Waals surface area contributed by atoms with Crippen molar-refractivity contribution in [2.24, 2.45) is 0 Å². The van der Waals surface area contributed by atoms with E-state index in [0.717, 1.165) is 25.1 Å². The Bertz CT molecular complexity index is 517. The van der Waals surface area contributed by atoms with Crippen molar-refractivity contribution < 1.29 is 9.90 Å². The lowest BCUT2D eigenvalue weighted by Crippen LogP contribution is -2.42. The molecule has 2 heterocycles. The number of carbonyl (C=O) groups is 1. The van der Waals surface area contributed by atoms with E-state index in [2.05, 4.69) is 5.32 Å². The van der Waals surface area contributed by atoms with Crippen LogP contribution in [0.3, 0.4) is 0 Å². The largest absolute Gasteiger partial charge is 0.391 e. The second-order valence-corrected chi connectivity index (χ2v) is 7.38. The van der Waals surface area contributed by atoms with E-state index >= 15 is 0 Å². The van der Waals surface area contributed by atoms with Gasteiger partial charge in [0.05, 0.1) is 6.10 Å². The van der Waals surface area contributed by atoms with Gasteiger partial charge in [-0.05, 0) is 55.4 Å². The van der Waals surface area contributed by atoms with E-state index in [-0.39, 0.29) is 12.0 Å². The first-order valence-corrected chi connectivity index (χ1v) is 9.29. The molecule has 4 nitrogen and oxygen atoms in total. The Morgan fingerprint density at radius 2 is 2.09 bits per heavy atom. The molecular weight excluding hydrogens is 296 g/mol. The van der Waals surface area contributed by atoms with Crippen LogP contribution in [0.1, 0.15) is 36.0 Å². The third kappa shape index (κ3) is 3.96. The van der Waals surface area contributed by atoms with Crippen molar-refractivity contribution in [1.82, 2.24) is 4.90 Å². The minimum absolute atomic E-state index is 0.0293. The van der Waals surface area contributed by atoms with Gasteiger partial charge in [-0.2, -0.15) is 11.8 Å². The summed E-state index contributed by atoms with van der Waals surface area (Å²) in [4.78, 5) is 14.3. The third-order valence-electron chi connectivity index (χ3n) is 4.39. The number of piperidine rings is 1. The normalized spacial score (nSPS) is 23.3. The van der Waals surface area contributed by atoms with Crippen molar-refractivity contribution in [2.45, 2.75) is 37.8 Å². The van der Waals surface area contributed by atoms with Crippen LogP contribution in [0.15, 0.2) is 24.3 Å². The van der Waals surface area contributed by atoms with Gasteiger partial charge < -0.3 is 15.3 Å². The summed E-state index contributed by atoms with van der Waals surface area (Å²) in [6.07, 6.45) is 3.66. The lowest BCUT2D eigenvalue weighted by atomic mass is 10.1. The number of hydrogen-bond donors (Lipinski definition) is 2. The van der Waals surface area contributed by atoms with Gasteiger partial charge in [0.1, 0.15) is 0 Å². The summed E-state index contributed by atoms with van der Waals surface area (Å²) in [7, 11) is 0. The van der Waals surface area contributed by atoms with Crippen LogP contribution in [0.5, 0.6) is 0 Å². The van der Waals surface area contributed by atoms with Crippen LogP contribution in [0, 0.1) is 0 Å². The maximum Gasteiger partial charge on any atom is 0.254 e. The number of rotatable bonds is 3. The molecule has 1 aromatic carbocycles. The van der Waals surface area contributed by atoms with Crippen molar-refractivity contribution >= 4 is 23.4 Å². The molecule has 0 saturated carbocycles. The van der Waals surface area contributed by atoms with E-state index in [0.29, 0.717) is 18.2 Å². The number of benzene rings is 1. The number of hydrogen-bond acceptors (Lipinski definition) is 4. The highest BCUT2D eigenvalue weighted by molar-refractivity contribution is 7.99. The Morgan fingerprint density at radius 3 is 2.86 bits per heavy atom. The van der Waals surface area contributed by atoms with Crippen LogP contribution in [0.25, 0.3) is 0 Å². The van der Waals surface area contributed by atoms with Gasteiger partial charge in [0, 0.05) is 30.4 Å². The molecule has 120 valence electrons. The van der Waals surface area contributed by atoms with Crippen molar-refractivity contribution in [3.05, 3.63) is 29.8 Å². The zero-order valence-electron chi connectivity index (χ0n) is 12.8. The first-order chi connectivity index (χ1) is 10.7. The number of likely N-dealkylation sites (tertiary alicyclic amines) is 1. The first-order valence-electron chi connectivity index (χ1n) is 8.14. The number of nitrogens with zero attached hydrogens (tertiary/aromatic N) is 1. The van der Waals surface area contributed by atoms with Gasteiger partial charge in [0.25, 0.3) is 5.91 Å². The van der Waals surface area contributed by atoms with Gasteiger partial charge in [0.15, 0.2) is 0 Å². The van der Waals surface area contributed by atoms with Crippen LogP contribution in [0.2, 0.25) is 0 Å². The molecule has 0 aromatic heterocycles. The molecule has 0 radical (unpaired) electrons. The van der Waals surface area contributed by atoms with E-state index in [1.165, 1.54) is 24.3 Å². The zero-order valence-corrected chi connectivity index (χ0v) is 13.6. The number of aliphatic hydroxyl groups is 1. The fourth-order valence-electron chi connectivity index (χ4n) is 3.14.